The minimum Gasteiger partial charge on any atom is -0.314 e. The van der Waals surface area contributed by atoms with Crippen molar-refractivity contribution in [3.63, 3.8) is 0 Å². The Hall–Kier alpha value is -4.76. The molecule has 0 fully saturated rings. The van der Waals surface area contributed by atoms with E-state index in [1.54, 1.807) is 0 Å². The molecule has 0 unspecified atom stereocenters. The smallest absolute Gasteiger partial charge is 0.249 e. The first-order valence-electron chi connectivity index (χ1n) is 18.8. The normalized spacial score (nSPS) is 19.4. The van der Waals surface area contributed by atoms with Gasteiger partial charge in [0.15, 0.2) is 0 Å². The van der Waals surface area contributed by atoms with Gasteiger partial charge in [0.05, 0.1) is 5.69 Å². The molecule has 0 atom stereocenters. The van der Waals surface area contributed by atoms with Gasteiger partial charge in [0.2, 0.25) is 6.71 Å². The van der Waals surface area contributed by atoms with Crippen LogP contribution in [0.3, 0.4) is 0 Å². The Balaban J connectivity index is 1.39. The lowest BCUT2D eigenvalue weighted by Gasteiger charge is -2.48. The lowest BCUT2D eigenvalue weighted by Crippen LogP contribution is -2.52. The van der Waals surface area contributed by atoms with Crippen molar-refractivity contribution in [1.82, 2.24) is 0 Å². The summed E-state index contributed by atoms with van der Waals surface area (Å²) in [5.41, 5.74) is 23.2. The predicted octanol–water partition coefficient (Wildman–Crippen LogP) is 11.4. The Kier molecular flexibility index (Phi) is 5.82. The molecule has 252 valence electrons. The van der Waals surface area contributed by atoms with Gasteiger partial charge in [-0.1, -0.05) is 141 Å². The SMILES string of the molecule is Cc1cc2c3c(c1)N1C4=C(B3C3=C(N2c2ccc(C(C)(C)C)cc2)C(C)(C)c2ccccc23)C(C)(C)c2cccc(c24)C(C)(C)c2ccccc21. The van der Waals surface area contributed by atoms with Crippen molar-refractivity contribution in [2.75, 3.05) is 9.80 Å². The highest BCUT2D eigenvalue weighted by Gasteiger charge is 2.59. The Morgan fingerprint density at radius 3 is 1.84 bits per heavy atom. The molecule has 51 heavy (non-hydrogen) atoms. The molecule has 5 aromatic carbocycles. The molecule has 2 nitrogen and oxygen atoms in total. The first kappa shape index (κ1) is 31.0. The number of allylic oxidation sites excluding steroid dienone is 2. The van der Waals surface area contributed by atoms with Crippen LogP contribution in [0.1, 0.15) is 107 Å². The summed E-state index contributed by atoms with van der Waals surface area (Å²) in [4.78, 5) is 5.35. The van der Waals surface area contributed by atoms with Crippen molar-refractivity contribution in [2.45, 2.75) is 90.9 Å². The summed E-state index contributed by atoms with van der Waals surface area (Å²) < 4.78 is 0. The van der Waals surface area contributed by atoms with Crippen molar-refractivity contribution in [2.24, 2.45) is 0 Å². The van der Waals surface area contributed by atoms with Gasteiger partial charge in [0, 0.05) is 50.3 Å². The molecule has 0 radical (unpaired) electrons. The zero-order chi connectivity index (χ0) is 35.6. The second-order valence-electron chi connectivity index (χ2n) is 18.3. The number of para-hydroxylation sites is 1. The third-order valence-corrected chi connectivity index (χ3v) is 13.2. The van der Waals surface area contributed by atoms with E-state index in [0.29, 0.717) is 0 Å². The maximum atomic E-state index is 2.69. The monoisotopic (exact) mass is 662 g/mol. The van der Waals surface area contributed by atoms with E-state index in [-0.39, 0.29) is 28.4 Å². The summed E-state index contributed by atoms with van der Waals surface area (Å²) in [5, 5.41) is 0. The van der Waals surface area contributed by atoms with Crippen LogP contribution in [0.4, 0.5) is 22.7 Å². The van der Waals surface area contributed by atoms with Crippen molar-refractivity contribution in [1.29, 1.82) is 0 Å². The topological polar surface area (TPSA) is 6.48 Å². The summed E-state index contributed by atoms with van der Waals surface area (Å²) in [7, 11) is 0. The fourth-order valence-electron chi connectivity index (χ4n) is 10.8. The maximum Gasteiger partial charge on any atom is 0.249 e. The van der Waals surface area contributed by atoms with Crippen LogP contribution < -0.4 is 15.3 Å². The Morgan fingerprint density at radius 1 is 0.569 bits per heavy atom. The number of hydrogen-bond donors (Lipinski definition) is 0. The van der Waals surface area contributed by atoms with E-state index in [1.807, 2.05) is 0 Å². The molecule has 10 rings (SSSR count). The standard InChI is InChI=1S/C48H47BN2/c1-28-26-37-41-38(27-28)51-36-21-14-13-18-33(36)46(5,6)34-19-15-20-35-39(34)42(51)43(47(35,7)8)49(41)40-31-16-11-12-17-32(31)48(9,10)44(40)50(37)30-24-22-29(23-25-30)45(2,3)4/h11-27H,1-10H3. The van der Waals surface area contributed by atoms with E-state index >= 15 is 0 Å². The highest BCUT2D eigenvalue weighted by Crippen LogP contribution is 2.64. The summed E-state index contributed by atoms with van der Waals surface area (Å²) >= 11 is 0. The molecule has 3 heteroatoms. The molecule has 0 aromatic heterocycles. The average molecular weight is 663 g/mol. The highest BCUT2D eigenvalue weighted by molar-refractivity contribution is 6.99. The van der Waals surface area contributed by atoms with E-state index in [4.69, 9.17) is 0 Å². The molecule has 0 saturated carbocycles. The van der Waals surface area contributed by atoms with Gasteiger partial charge in [0.1, 0.15) is 0 Å². The van der Waals surface area contributed by atoms with E-state index in [2.05, 4.69) is 182 Å². The summed E-state index contributed by atoms with van der Waals surface area (Å²) in [5.74, 6) is 0. The van der Waals surface area contributed by atoms with Crippen LogP contribution in [0.5, 0.6) is 0 Å². The fourth-order valence-corrected chi connectivity index (χ4v) is 10.8. The van der Waals surface area contributed by atoms with Gasteiger partial charge < -0.3 is 9.80 Å². The summed E-state index contributed by atoms with van der Waals surface area (Å²) in [6, 6.07) is 40.0. The minimum absolute atomic E-state index is 0.0834. The number of nitrogens with zero attached hydrogens (tertiary/aromatic N) is 2. The average Bonchev–Trinajstić information content (AvgIpc) is 3.44. The van der Waals surface area contributed by atoms with Gasteiger partial charge in [-0.25, -0.2) is 0 Å². The molecular formula is C48H47BN2. The molecule has 0 bridgehead atoms. The largest absolute Gasteiger partial charge is 0.314 e. The van der Waals surface area contributed by atoms with E-state index in [0.717, 1.165) is 0 Å². The van der Waals surface area contributed by atoms with Gasteiger partial charge in [-0.2, -0.15) is 0 Å². The van der Waals surface area contributed by atoms with Crippen LogP contribution in [-0.4, -0.2) is 6.71 Å². The predicted molar refractivity (Wildman–Crippen MR) is 217 cm³/mol. The lowest BCUT2D eigenvalue weighted by molar-refractivity contribution is 0.590. The van der Waals surface area contributed by atoms with Gasteiger partial charge in [-0.3, -0.25) is 0 Å². The second-order valence-corrected chi connectivity index (χ2v) is 18.3. The third-order valence-electron chi connectivity index (χ3n) is 13.2. The number of aryl methyl sites for hydroxylation is 1. The van der Waals surface area contributed by atoms with Crippen molar-refractivity contribution >= 4 is 46.1 Å². The van der Waals surface area contributed by atoms with Crippen LogP contribution in [-0.2, 0) is 21.7 Å². The molecule has 0 amide bonds. The van der Waals surface area contributed by atoms with Crippen LogP contribution in [0, 0.1) is 6.92 Å². The quantitative estimate of drug-likeness (QED) is 0.165. The molecule has 5 aliphatic rings. The van der Waals surface area contributed by atoms with E-state index in [1.165, 1.54) is 95.1 Å². The minimum atomic E-state index is -0.197. The first-order chi connectivity index (χ1) is 24.1. The maximum absolute atomic E-state index is 2.69. The number of anilines is 4. The molecule has 3 aliphatic heterocycles. The third kappa shape index (κ3) is 3.70. The van der Waals surface area contributed by atoms with Crippen molar-refractivity contribution < 1.29 is 0 Å². The molecule has 0 spiro atoms. The van der Waals surface area contributed by atoms with Crippen molar-refractivity contribution in [3.8, 4) is 0 Å². The zero-order valence-electron chi connectivity index (χ0n) is 31.8. The van der Waals surface area contributed by atoms with E-state index < -0.39 is 0 Å². The number of fused-ring (bicyclic) bond motifs is 7. The lowest BCUT2D eigenvalue weighted by atomic mass is 9.29. The fraction of sp³-hybridized carbons (Fsp3) is 0.292. The van der Waals surface area contributed by atoms with Crippen LogP contribution in [0.2, 0.25) is 0 Å². The van der Waals surface area contributed by atoms with Crippen LogP contribution >= 0.6 is 0 Å². The second kappa shape index (κ2) is 9.56. The Morgan fingerprint density at radius 2 is 1.16 bits per heavy atom. The van der Waals surface area contributed by atoms with Crippen molar-refractivity contribution in [3.05, 3.63) is 159 Å². The van der Waals surface area contributed by atoms with Crippen LogP contribution in [0.25, 0.3) is 11.2 Å². The molecule has 0 N–H and O–H groups in total. The zero-order valence-corrected chi connectivity index (χ0v) is 31.8. The molecule has 5 aromatic rings. The summed E-state index contributed by atoms with van der Waals surface area (Å²) in [6.07, 6.45) is 0. The molecule has 2 aliphatic carbocycles. The van der Waals surface area contributed by atoms with Gasteiger partial charge in [-0.05, 0) is 92.5 Å². The Bertz CT molecular complexity index is 2450. The number of rotatable bonds is 1. The number of hydrogen-bond acceptors (Lipinski definition) is 2. The van der Waals surface area contributed by atoms with E-state index in [9.17, 15) is 0 Å². The summed E-state index contributed by atoms with van der Waals surface area (Å²) in [6.45, 7) is 24.1. The van der Waals surface area contributed by atoms with Gasteiger partial charge in [0.25, 0.3) is 0 Å². The van der Waals surface area contributed by atoms with Gasteiger partial charge in [-0.15, -0.1) is 0 Å². The molecule has 3 heterocycles. The first-order valence-corrected chi connectivity index (χ1v) is 18.8. The van der Waals surface area contributed by atoms with Gasteiger partial charge >= 0.3 is 0 Å². The Labute approximate surface area is 304 Å². The number of benzene rings is 5. The molecular weight excluding hydrogens is 615 g/mol. The highest BCUT2D eigenvalue weighted by atomic mass is 15.2. The van der Waals surface area contributed by atoms with Crippen LogP contribution in [0.15, 0.2) is 114 Å². The molecule has 0 saturated heterocycles.